The number of rotatable bonds is 8. The maximum atomic E-state index is 12.1. The van der Waals surface area contributed by atoms with Crippen LogP contribution in [-0.2, 0) is 11.4 Å². The first-order chi connectivity index (χ1) is 14.1. The lowest BCUT2D eigenvalue weighted by Gasteiger charge is -2.09. The van der Waals surface area contributed by atoms with Crippen molar-refractivity contribution in [2.24, 2.45) is 0 Å². The van der Waals surface area contributed by atoms with Crippen LogP contribution in [0.2, 0.25) is 0 Å². The largest absolute Gasteiger partial charge is 0.489 e. The van der Waals surface area contributed by atoms with Crippen molar-refractivity contribution in [1.29, 1.82) is 0 Å². The van der Waals surface area contributed by atoms with Crippen LogP contribution in [0.4, 0.5) is 5.69 Å². The molecule has 0 unspecified atom stereocenters. The van der Waals surface area contributed by atoms with Crippen molar-refractivity contribution in [2.45, 2.75) is 20.0 Å². The van der Waals surface area contributed by atoms with E-state index in [1.165, 1.54) is 0 Å². The lowest BCUT2D eigenvalue weighted by molar-refractivity contribution is -0.116. The van der Waals surface area contributed by atoms with Crippen molar-refractivity contribution < 1.29 is 14.3 Å². The van der Waals surface area contributed by atoms with Crippen molar-refractivity contribution in [3.63, 3.8) is 0 Å². The molecular formula is C24H24N2O3. The number of nitrogens with one attached hydrogen (secondary N) is 2. The average Bonchev–Trinajstić information content (AvgIpc) is 2.74. The van der Waals surface area contributed by atoms with Gasteiger partial charge >= 0.3 is 0 Å². The Kier molecular flexibility index (Phi) is 7.00. The first-order valence-corrected chi connectivity index (χ1v) is 9.52. The van der Waals surface area contributed by atoms with Crippen LogP contribution in [0.5, 0.6) is 5.75 Å². The number of aryl methyl sites for hydroxylation is 1. The average molecular weight is 388 g/mol. The molecule has 0 bridgehead atoms. The fourth-order valence-electron chi connectivity index (χ4n) is 2.78. The maximum absolute atomic E-state index is 12.1. The number of hydrogen-bond acceptors (Lipinski definition) is 3. The summed E-state index contributed by atoms with van der Waals surface area (Å²) in [6, 6.07) is 24.5. The molecule has 2 amide bonds. The number of amides is 2. The molecular weight excluding hydrogens is 364 g/mol. The van der Waals surface area contributed by atoms with E-state index in [4.69, 9.17) is 4.74 Å². The van der Waals surface area contributed by atoms with Gasteiger partial charge in [-0.15, -0.1) is 0 Å². The smallest absolute Gasteiger partial charge is 0.251 e. The Morgan fingerprint density at radius 2 is 1.66 bits per heavy atom. The fourth-order valence-corrected chi connectivity index (χ4v) is 2.78. The first-order valence-electron chi connectivity index (χ1n) is 9.52. The Morgan fingerprint density at radius 1 is 0.897 bits per heavy atom. The highest BCUT2D eigenvalue weighted by atomic mass is 16.5. The summed E-state index contributed by atoms with van der Waals surface area (Å²) in [7, 11) is 0. The van der Waals surface area contributed by atoms with Crippen LogP contribution >= 0.6 is 0 Å². The monoisotopic (exact) mass is 388 g/mol. The highest BCUT2D eigenvalue weighted by Gasteiger charge is 2.07. The summed E-state index contributed by atoms with van der Waals surface area (Å²) >= 11 is 0. The van der Waals surface area contributed by atoms with Crippen LogP contribution in [0.1, 0.15) is 27.9 Å². The molecule has 0 saturated heterocycles. The summed E-state index contributed by atoms with van der Waals surface area (Å²) in [5.74, 6) is 0.395. The predicted octanol–water partition coefficient (Wildman–Crippen LogP) is 4.33. The van der Waals surface area contributed by atoms with E-state index in [0.29, 0.717) is 17.9 Å². The Morgan fingerprint density at radius 3 is 2.38 bits per heavy atom. The van der Waals surface area contributed by atoms with Crippen LogP contribution in [0.25, 0.3) is 0 Å². The molecule has 3 rings (SSSR count). The van der Waals surface area contributed by atoms with Gasteiger partial charge in [0.2, 0.25) is 5.91 Å². The van der Waals surface area contributed by atoms with Gasteiger partial charge in [-0.1, -0.05) is 48.0 Å². The van der Waals surface area contributed by atoms with Crippen molar-refractivity contribution in [2.75, 3.05) is 11.9 Å². The molecule has 0 saturated carbocycles. The Balaban J connectivity index is 1.40. The van der Waals surface area contributed by atoms with Crippen LogP contribution in [0.15, 0.2) is 78.9 Å². The number of ether oxygens (including phenoxy) is 1. The minimum absolute atomic E-state index is 0.160. The number of carbonyl (C=O) groups excluding carboxylic acids is 2. The Hall–Kier alpha value is -3.60. The number of benzene rings is 3. The van der Waals surface area contributed by atoms with Gasteiger partial charge in [0.1, 0.15) is 12.4 Å². The lowest BCUT2D eigenvalue weighted by atomic mass is 10.1. The third-order valence-electron chi connectivity index (χ3n) is 4.30. The Labute approximate surface area is 170 Å². The van der Waals surface area contributed by atoms with Crippen molar-refractivity contribution >= 4 is 17.5 Å². The standard InChI is InChI=1S/C24H24N2O3/c1-18-6-5-9-20(16-18)24(28)25-15-14-23(27)26-21-10-12-22(13-11-21)29-17-19-7-3-2-4-8-19/h2-13,16H,14-15,17H2,1H3,(H,25,28)(H,26,27). The summed E-state index contributed by atoms with van der Waals surface area (Å²) in [4.78, 5) is 24.2. The van der Waals surface area contributed by atoms with Gasteiger partial charge < -0.3 is 15.4 Å². The maximum Gasteiger partial charge on any atom is 0.251 e. The van der Waals surface area contributed by atoms with Gasteiger partial charge in [-0.05, 0) is 48.9 Å². The van der Waals surface area contributed by atoms with Crippen LogP contribution in [0, 0.1) is 6.92 Å². The third-order valence-corrected chi connectivity index (χ3v) is 4.30. The fraction of sp³-hybridized carbons (Fsp3) is 0.167. The molecule has 5 heteroatoms. The summed E-state index contributed by atoms with van der Waals surface area (Å²) in [6.07, 6.45) is 0.198. The molecule has 5 nitrogen and oxygen atoms in total. The highest BCUT2D eigenvalue weighted by Crippen LogP contribution is 2.17. The Bertz CT molecular complexity index is 953. The van der Waals surface area contributed by atoms with E-state index in [0.717, 1.165) is 16.9 Å². The number of hydrogen-bond donors (Lipinski definition) is 2. The van der Waals surface area contributed by atoms with Crippen LogP contribution < -0.4 is 15.4 Å². The minimum Gasteiger partial charge on any atom is -0.489 e. The van der Waals surface area contributed by atoms with Gasteiger partial charge in [0, 0.05) is 24.2 Å². The molecule has 0 aliphatic carbocycles. The molecule has 3 aromatic carbocycles. The zero-order valence-corrected chi connectivity index (χ0v) is 16.4. The molecule has 148 valence electrons. The van der Waals surface area contributed by atoms with Crippen LogP contribution in [-0.4, -0.2) is 18.4 Å². The molecule has 0 spiro atoms. The van der Waals surface area contributed by atoms with E-state index in [1.807, 2.05) is 67.6 Å². The van der Waals surface area contributed by atoms with Gasteiger partial charge in [-0.3, -0.25) is 9.59 Å². The molecule has 3 aromatic rings. The van der Waals surface area contributed by atoms with Crippen molar-refractivity contribution in [3.05, 3.63) is 95.6 Å². The van der Waals surface area contributed by atoms with Gasteiger partial charge in [-0.2, -0.15) is 0 Å². The quantitative estimate of drug-likeness (QED) is 0.603. The topological polar surface area (TPSA) is 67.4 Å². The minimum atomic E-state index is -0.179. The first kappa shape index (κ1) is 20.1. The van der Waals surface area contributed by atoms with E-state index in [-0.39, 0.29) is 24.8 Å². The molecule has 0 aromatic heterocycles. The van der Waals surface area contributed by atoms with Gasteiger partial charge in [0.15, 0.2) is 0 Å². The van der Waals surface area contributed by atoms with E-state index in [1.54, 1.807) is 18.2 Å². The van der Waals surface area contributed by atoms with Gasteiger partial charge in [0.05, 0.1) is 0 Å². The molecule has 0 atom stereocenters. The zero-order chi connectivity index (χ0) is 20.5. The predicted molar refractivity (Wildman–Crippen MR) is 114 cm³/mol. The van der Waals surface area contributed by atoms with E-state index >= 15 is 0 Å². The van der Waals surface area contributed by atoms with Gasteiger partial charge in [0.25, 0.3) is 5.91 Å². The summed E-state index contributed by atoms with van der Waals surface area (Å²) < 4.78 is 5.73. The molecule has 0 aliphatic heterocycles. The second-order valence-corrected chi connectivity index (χ2v) is 6.72. The van der Waals surface area contributed by atoms with Gasteiger partial charge in [-0.25, -0.2) is 0 Å². The van der Waals surface area contributed by atoms with E-state index in [9.17, 15) is 9.59 Å². The molecule has 2 N–H and O–H groups in total. The summed E-state index contributed by atoms with van der Waals surface area (Å²) in [5, 5.41) is 5.58. The third kappa shape index (κ3) is 6.50. The highest BCUT2D eigenvalue weighted by molar-refractivity contribution is 5.95. The zero-order valence-electron chi connectivity index (χ0n) is 16.4. The molecule has 0 radical (unpaired) electrons. The summed E-state index contributed by atoms with van der Waals surface area (Å²) in [5.41, 5.74) is 3.40. The number of anilines is 1. The molecule has 0 heterocycles. The number of carbonyl (C=O) groups is 2. The summed E-state index contributed by atoms with van der Waals surface area (Å²) in [6.45, 7) is 2.70. The van der Waals surface area contributed by atoms with Crippen LogP contribution in [0.3, 0.4) is 0 Å². The molecule has 29 heavy (non-hydrogen) atoms. The van der Waals surface area contributed by atoms with E-state index < -0.39 is 0 Å². The van der Waals surface area contributed by atoms with E-state index in [2.05, 4.69) is 10.6 Å². The molecule has 0 aliphatic rings. The second kappa shape index (κ2) is 10.1. The second-order valence-electron chi connectivity index (χ2n) is 6.72. The lowest BCUT2D eigenvalue weighted by Crippen LogP contribution is -2.27. The van der Waals surface area contributed by atoms with Crippen molar-refractivity contribution in [1.82, 2.24) is 5.32 Å². The SMILES string of the molecule is Cc1cccc(C(=O)NCCC(=O)Nc2ccc(OCc3ccccc3)cc2)c1. The normalized spacial score (nSPS) is 10.2. The van der Waals surface area contributed by atoms with Crippen molar-refractivity contribution in [3.8, 4) is 5.75 Å². The molecule has 0 fully saturated rings.